The van der Waals surface area contributed by atoms with Gasteiger partial charge in [-0.25, -0.2) is 0 Å². The van der Waals surface area contributed by atoms with Crippen LogP contribution in [-0.4, -0.2) is 19.7 Å². The molecule has 20 heavy (non-hydrogen) atoms. The number of alkyl halides is 3. The molecule has 1 N–H and O–H groups in total. The monoisotopic (exact) mass is 329 g/mol. The van der Waals surface area contributed by atoms with E-state index in [0.717, 1.165) is 32.0 Å². The summed E-state index contributed by atoms with van der Waals surface area (Å²) in [4.78, 5) is 0. The van der Waals surface area contributed by atoms with Crippen molar-refractivity contribution in [2.45, 2.75) is 19.0 Å². The predicted molar refractivity (Wildman–Crippen MR) is 74.8 cm³/mol. The van der Waals surface area contributed by atoms with Crippen LogP contribution in [-0.2, 0) is 6.18 Å². The standard InChI is InChI=1S/C13H15ClF3NO.ClH/c14-12-4-3-10(6-11(12)13(15,16)17)19-8-9-2-1-5-18-7-9;/h3-4,6,9,18H,1-2,5,7-8H2;1H. The van der Waals surface area contributed by atoms with Crippen molar-refractivity contribution in [1.29, 1.82) is 0 Å². The van der Waals surface area contributed by atoms with E-state index >= 15 is 0 Å². The van der Waals surface area contributed by atoms with Crippen molar-refractivity contribution in [2.24, 2.45) is 5.92 Å². The maximum Gasteiger partial charge on any atom is 0.417 e. The van der Waals surface area contributed by atoms with Crippen molar-refractivity contribution >= 4 is 24.0 Å². The van der Waals surface area contributed by atoms with Crippen molar-refractivity contribution in [2.75, 3.05) is 19.7 Å². The summed E-state index contributed by atoms with van der Waals surface area (Å²) >= 11 is 5.54. The number of rotatable bonds is 3. The first-order chi connectivity index (χ1) is 8.97. The van der Waals surface area contributed by atoms with Gasteiger partial charge in [0.1, 0.15) is 5.75 Å². The Morgan fingerprint density at radius 1 is 1.35 bits per heavy atom. The first-order valence-electron chi connectivity index (χ1n) is 6.17. The zero-order valence-corrected chi connectivity index (χ0v) is 12.2. The molecule has 2 nitrogen and oxygen atoms in total. The van der Waals surface area contributed by atoms with E-state index in [1.807, 2.05) is 0 Å². The van der Waals surface area contributed by atoms with Crippen LogP contribution in [0.15, 0.2) is 18.2 Å². The van der Waals surface area contributed by atoms with Crippen molar-refractivity contribution < 1.29 is 17.9 Å². The van der Waals surface area contributed by atoms with E-state index in [1.54, 1.807) is 0 Å². The smallest absolute Gasteiger partial charge is 0.417 e. The zero-order chi connectivity index (χ0) is 13.9. The van der Waals surface area contributed by atoms with Crippen molar-refractivity contribution in [3.05, 3.63) is 28.8 Å². The molecule has 0 aliphatic carbocycles. The van der Waals surface area contributed by atoms with Gasteiger partial charge in [-0.15, -0.1) is 12.4 Å². The lowest BCUT2D eigenvalue weighted by Gasteiger charge is -2.23. The maximum absolute atomic E-state index is 12.7. The molecular formula is C13H16Cl2F3NO. The molecule has 0 bridgehead atoms. The Morgan fingerprint density at radius 2 is 2.10 bits per heavy atom. The first kappa shape index (κ1) is 17.4. The minimum atomic E-state index is -4.46. The highest BCUT2D eigenvalue weighted by molar-refractivity contribution is 6.31. The second-order valence-corrected chi connectivity index (χ2v) is 5.07. The highest BCUT2D eigenvalue weighted by atomic mass is 35.5. The quantitative estimate of drug-likeness (QED) is 0.899. The average Bonchev–Trinajstić information content (AvgIpc) is 2.37. The molecule has 1 aliphatic rings. The largest absolute Gasteiger partial charge is 0.493 e. The summed E-state index contributed by atoms with van der Waals surface area (Å²) in [5, 5.41) is 2.93. The molecule has 1 fully saturated rings. The van der Waals surface area contributed by atoms with Crippen LogP contribution in [0.2, 0.25) is 5.02 Å². The molecule has 7 heteroatoms. The molecule has 1 aromatic rings. The van der Waals surface area contributed by atoms with Gasteiger partial charge in [0.2, 0.25) is 0 Å². The number of piperidine rings is 1. The molecule has 0 aromatic heterocycles. The maximum atomic E-state index is 12.7. The Morgan fingerprint density at radius 3 is 2.70 bits per heavy atom. The Balaban J connectivity index is 0.00000200. The second kappa shape index (κ2) is 7.38. The number of hydrogen-bond donors (Lipinski definition) is 1. The lowest BCUT2D eigenvalue weighted by atomic mass is 10.0. The van der Waals surface area contributed by atoms with E-state index in [1.165, 1.54) is 12.1 Å². The van der Waals surface area contributed by atoms with E-state index in [0.29, 0.717) is 12.5 Å². The molecule has 1 atom stereocenters. The molecule has 0 spiro atoms. The minimum absolute atomic E-state index is 0. The highest BCUT2D eigenvalue weighted by Gasteiger charge is 2.33. The van der Waals surface area contributed by atoms with Gasteiger partial charge in [-0.3, -0.25) is 0 Å². The van der Waals surface area contributed by atoms with Crippen molar-refractivity contribution in [1.82, 2.24) is 5.32 Å². The Kier molecular flexibility index (Phi) is 6.43. The molecule has 0 saturated carbocycles. The fourth-order valence-electron chi connectivity index (χ4n) is 2.09. The van der Waals surface area contributed by atoms with Gasteiger partial charge in [0, 0.05) is 12.5 Å². The summed E-state index contributed by atoms with van der Waals surface area (Å²) in [6, 6.07) is 3.64. The number of ether oxygens (including phenoxy) is 1. The van der Waals surface area contributed by atoms with Crippen LogP contribution >= 0.6 is 24.0 Å². The van der Waals surface area contributed by atoms with Gasteiger partial charge < -0.3 is 10.1 Å². The number of hydrogen-bond acceptors (Lipinski definition) is 2. The predicted octanol–water partition coefficient (Wildman–Crippen LogP) is 4.16. The Bertz CT molecular complexity index is 434. The first-order valence-corrected chi connectivity index (χ1v) is 6.55. The number of benzene rings is 1. The molecule has 1 aromatic carbocycles. The topological polar surface area (TPSA) is 21.3 Å². The minimum Gasteiger partial charge on any atom is -0.493 e. The lowest BCUT2D eigenvalue weighted by molar-refractivity contribution is -0.137. The van der Waals surface area contributed by atoms with E-state index < -0.39 is 11.7 Å². The summed E-state index contributed by atoms with van der Waals surface area (Å²) in [6.07, 6.45) is -2.35. The van der Waals surface area contributed by atoms with Crippen LogP contribution in [0.5, 0.6) is 5.75 Å². The van der Waals surface area contributed by atoms with Gasteiger partial charge in [-0.1, -0.05) is 11.6 Å². The van der Waals surface area contributed by atoms with Gasteiger partial charge in [0.15, 0.2) is 0 Å². The van der Waals surface area contributed by atoms with E-state index in [-0.39, 0.29) is 23.2 Å². The molecule has 114 valence electrons. The summed E-state index contributed by atoms with van der Waals surface area (Å²) in [5.41, 5.74) is -0.853. The molecular weight excluding hydrogens is 314 g/mol. The van der Waals surface area contributed by atoms with E-state index in [2.05, 4.69) is 5.32 Å². The van der Waals surface area contributed by atoms with Gasteiger partial charge in [-0.2, -0.15) is 13.2 Å². The zero-order valence-electron chi connectivity index (χ0n) is 10.7. The summed E-state index contributed by atoms with van der Waals surface area (Å²) in [5.74, 6) is 0.557. The average molecular weight is 330 g/mol. The van der Waals surface area contributed by atoms with Crippen LogP contribution < -0.4 is 10.1 Å². The Labute approximate surface area is 127 Å². The summed E-state index contributed by atoms with van der Waals surface area (Å²) in [7, 11) is 0. The molecule has 0 radical (unpaired) electrons. The third kappa shape index (κ3) is 4.72. The van der Waals surface area contributed by atoms with E-state index in [9.17, 15) is 13.2 Å². The van der Waals surface area contributed by atoms with Crippen molar-refractivity contribution in [3.63, 3.8) is 0 Å². The molecule has 1 unspecified atom stereocenters. The lowest BCUT2D eigenvalue weighted by Crippen LogP contribution is -2.33. The van der Waals surface area contributed by atoms with Crippen LogP contribution in [0.4, 0.5) is 13.2 Å². The fraction of sp³-hybridized carbons (Fsp3) is 0.538. The van der Waals surface area contributed by atoms with Gasteiger partial charge in [0.05, 0.1) is 17.2 Å². The number of nitrogens with one attached hydrogen (secondary N) is 1. The molecule has 1 heterocycles. The third-order valence-corrected chi connectivity index (χ3v) is 3.46. The molecule has 0 amide bonds. The van der Waals surface area contributed by atoms with Crippen LogP contribution in [0.3, 0.4) is 0 Å². The molecule has 1 saturated heterocycles. The summed E-state index contributed by atoms with van der Waals surface area (Å²) in [6.45, 7) is 2.27. The van der Waals surface area contributed by atoms with Crippen LogP contribution in [0.1, 0.15) is 18.4 Å². The van der Waals surface area contributed by atoms with E-state index in [4.69, 9.17) is 16.3 Å². The SMILES string of the molecule is Cl.FC(F)(F)c1cc(OCC2CCCNC2)ccc1Cl. The molecule has 2 rings (SSSR count). The van der Waals surface area contributed by atoms with Crippen molar-refractivity contribution in [3.8, 4) is 5.75 Å². The van der Waals surface area contributed by atoms with Crippen LogP contribution in [0, 0.1) is 5.92 Å². The highest BCUT2D eigenvalue weighted by Crippen LogP contribution is 2.36. The van der Waals surface area contributed by atoms with Gasteiger partial charge >= 0.3 is 6.18 Å². The van der Waals surface area contributed by atoms with Crippen LogP contribution in [0.25, 0.3) is 0 Å². The van der Waals surface area contributed by atoms with Gasteiger partial charge in [-0.05, 0) is 37.6 Å². The fourth-order valence-corrected chi connectivity index (χ4v) is 2.32. The van der Waals surface area contributed by atoms with Gasteiger partial charge in [0.25, 0.3) is 0 Å². The Hall–Kier alpha value is -0.650. The normalized spacial score (nSPS) is 19.3. The molecule has 1 aliphatic heterocycles. The summed E-state index contributed by atoms with van der Waals surface area (Å²) < 4.78 is 43.5. The second-order valence-electron chi connectivity index (χ2n) is 4.66. The third-order valence-electron chi connectivity index (χ3n) is 3.13. The number of halogens is 5.